The fourth-order valence-electron chi connectivity index (χ4n) is 2.77. The molecule has 3 nitrogen and oxygen atoms in total. The highest BCUT2D eigenvalue weighted by Crippen LogP contribution is 2.31. The molecule has 1 unspecified atom stereocenters. The minimum Gasteiger partial charge on any atom is -0.237 e. The summed E-state index contributed by atoms with van der Waals surface area (Å²) in [6, 6.07) is 15.6. The lowest BCUT2D eigenvalue weighted by Crippen LogP contribution is -2.27. The van der Waals surface area contributed by atoms with Crippen molar-refractivity contribution in [2.45, 2.75) is 31.7 Å². The van der Waals surface area contributed by atoms with Crippen LogP contribution in [0.25, 0.3) is 11.0 Å². The molecule has 114 valence electrons. The van der Waals surface area contributed by atoms with Crippen LogP contribution in [0, 0.1) is 5.82 Å². The van der Waals surface area contributed by atoms with Crippen molar-refractivity contribution in [3.63, 3.8) is 0 Å². The largest absolute Gasteiger partial charge is 0.237 e. The molecule has 0 saturated carbocycles. The van der Waals surface area contributed by atoms with Gasteiger partial charge in [-0.3, -0.25) is 0 Å². The SMILES string of the molecule is C[Si](C)(C)CC(c1ccccc1F)n1nnc2ccccc21. The van der Waals surface area contributed by atoms with Gasteiger partial charge in [-0.1, -0.05) is 55.2 Å². The van der Waals surface area contributed by atoms with Crippen LogP contribution in [-0.2, 0) is 0 Å². The Morgan fingerprint density at radius 3 is 2.45 bits per heavy atom. The quantitative estimate of drug-likeness (QED) is 0.664. The molecule has 0 radical (unpaired) electrons. The average molecular weight is 313 g/mol. The van der Waals surface area contributed by atoms with Crippen LogP contribution in [0.2, 0.25) is 25.7 Å². The van der Waals surface area contributed by atoms with Gasteiger partial charge in [0.25, 0.3) is 0 Å². The molecule has 0 spiro atoms. The van der Waals surface area contributed by atoms with E-state index in [2.05, 4.69) is 30.0 Å². The van der Waals surface area contributed by atoms with Gasteiger partial charge in [0.1, 0.15) is 11.3 Å². The molecule has 0 bridgehead atoms. The van der Waals surface area contributed by atoms with Crippen LogP contribution in [-0.4, -0.2) is 23.1 Å². The van der Waals surface area contributed by atoms with Crippen LogP contribution in [0.3, 0.4) is 0 Å². The molecule has 1 atom stereocenters. The van der Waals surface area contributed by atoms with Crippen LogP contribution < -0.4 is 0 Å². The third kappa shape index (κ3) is 2.94. The summed E-state index contributed by atoms with van der Waals surface area (Å²) in [5, 5.41) is 8.55. The first-order chi connectivity index (χ1) is 10.5. The Labute approximate surface area is 130 Å². The number of fused-ring (bicyclic) bond motifs is 1. The topological polar surface area (TPSA) is 30.7 Å². The maximum absolute atomic E-state index is 14.4. The van der Waals surface area contributed by atoms with Gasteiger partial charge in [0.2, 0.25) is 0 Å². The summed E-state index contributed by atoms with van der Waals surface area (Å²) in [6.07, 6.45) is 0. The van der Waals surface area contributed by atoms with E-state index in [4.69, 9.17) is 0 Å². The highest BCUT2D eigenvalue weighted by Gasteiger charge is 2.27. The van der Waals surface area contributed by atoms with Crippen LogP contribution in [0.15, 0.2) is 48.5 Å². The van der Waals surface area contributed by atoms with Gasteiger partial charge in [-0.2, -0.15) is 0 Å². The Hall–Kier alpha value is -2.01. The van der Waals surface area contributed by atoms with Crippen molar-refractivity contribution in [3.8, 4) is 0 Å². The molecule has 2 aromatic carbocycles. The Balaban J connectivity index is 2.15. The Morgan fingerprint density at radius 1 is 1.05 bits per heavy atom. The number of nitrogens with zero attached hydrogens (tertiary/aromatic N) is 3. The number of benzene rings is 2. The van der Waals surface area contributed by atoms with Crippen LogP contribution in [0.5, 0.6) is 0 Å². The molecular formula is C17H20FN3Si. The lowest BCUT2D eigenvalue weighted by molar-refractivity contribution is 0.516. The van der Waals surface area contributed by atoms with E-state index in [1.807, 2.05) is 41.1 Å². The van der Waals surface area contributed by atoms with Gasteiger partial charge in [0.15, 0.2) is 0 Å². The molecule has 22 heavy (non-hydrogen) atoms. The van der Waals surface area contributed by atoms with Crippen LogP contribution in [0.1, 0.15) is 11.6 Å². The molecule has 1 heterocycles. The van der Waals surface area contributed by atoms with E-state index in [0.29, 0.717) is 5.56 Å². The van der Waals surface area contributed by atoms with Crippen molar-refractivity contribution >= 4 is 19.1 Å². The molecule has 0 amide bonds. The molecule has 0 fully saturated rings. The van der Waals surface area contributed by atoms with Gasteiger partial charge in [-0.05, 0) is 24.2 Å². The van der Waals surface area contributed by atoms with Crippen molar-refractivity contribution in [2.24, 2.45) is 0 Å². The monoisotopic (exact) mass is 313 g/mol. The van der Waals surface area contributed by atoms with Gasteiger partial charge in [0, 0.05) is 13.6 Å². The lowest BCUT2D eigenvalue weighted by atomic mass is 10.1. The third-order valence-electron chi connectivity index (χ3n) is 3.74. The predicted octanol–water partition coefficient (Wildman–Crippen LogP) is 4.50. The maximum atomic E-state index is 14.4. The first-order valence-electron chi connectivity index (χ1n) is 7.50. The minimum absolute atomic E-state index is 0.111. The summed E-state index contributed by atoms with van der Waals surface area (Å²) in [5.41, 5.74) is 2.49. The van der Waals surface area contributed by atoms with Crippen LogP contribution >= 0.6 is 0 Å². The van der Waals surface area contributed by atoms with Crippen molar-refractivity contribution in [3.05, 3.63) is 59.9 Å². The smallest absolute Gasteiger partial charge is 0.128 e. The standard InChI is InChI=1S/C17H20FN3Si/c1-22(2,3)12-17(13-8-4-5-9-14(13)18)21-16-11-7-6-10-15(16)19-20-21/h4-11,17H,12H2,1-3H3. The van der Waals surface area contributed by atoms with Gasteiger partial charge in [-0.25, -0.2) is 9.07 Å². The first-order valence-corrected chi connectivity index (χ1v) is 11.2. The Kier molecular flexibility index (Phi) is 3.82. The number of halogens is 1. The van der Waals surface area contributed by atoms with E-state index < -0.39 is 8.07 Å². The molecule has 5 heteroatoms. The zero-order valence-corrected chi connectivity index (χ0v) is 14.1. The fourth-order valence-corrected chi connectivity index (χ4v) is 4.32. The fraction of sp³-hybridized carbons (Fsp3) is 0.294. The first kappa shape index (κ1) is 14.9. The lowest BCUT2D eigenvalue weighted by Gasteiger charge is -2.25. The van der Waals surface area contributed by atoms with Crippen molar-refractivity contribution in [1.82, 2.24) is 15.0 Å². The van der Waals surface area contributed by atoms with Crippen LogP contribution in [0.4, 0.5) is 4.39 Å². The number of para-hydroxylation sites is 1. The highest BCUT2D eigenvalue weighted by molar-refractivity contribution is 6.76. The average Bonchev–Trinajstić information content (AvgIpc) is 2.88. The molecule has 3 rings (SSSR count). The number of hydrogen-bond acceptors (Lipinski definition) is 2. The van der Waals surface area contributed by atoms with Gasteiger partial charge in [-0.15, -0.1) is 5.10 Å². The van der Waals surface area contributed by atoms with E-state index in [9.17, 15) is 4.39 Å². The Bertz CT molecular complexity index is 792. The van der Waals surface area contributed by atoms with E-state index in [0.717, 1.165) is 17.1 Å². The van der Waals surface area contributed by atoms with Crippen molar-refractivity contribution in [2.75, 3.05) is 0 Å². The maximum Gasteiger partial charge on any atom is 0.128 e. The second-order valence-corrected chi connectivity index (χ2v) is 12.4. The molecular weight excluding hydrogens is 293 g/mol. The minimum atomic E-state index is -1.42. The third-order valence-corrected chi connectivity index (χ3v) is 5.35. The molecule has 3 aromatic rings. The second-order valence-electron chi connectivity index (χ2n) is 6.82. The second kappa shape index (κ2) is 5.65. The molecule has 1 aromatic heterocycles. The van der Waals surface area contributed by atoms with E-state index >= 15 is 0 Å². The van der Waals surface area contributed by atoms with E-state index in [-0.39, 0.29) is 11.9 Å². The van der Waals surface area contributed by atoms with Gasteiger partial charge >= 0.3 is 0 Å². The number of aromatic nitrogens is 3. The summed E-state index contributed by atoms with van der Waals surface area (Å²) in [5.74, 6) is -0.176. The highest BCUT2D eigenvalue weighted by atomic mass is 28.3. The molecule has 0 N–H and O–H groups in total. The van der Waals surface area contributed by atoms with E-state index in [1.165, 1.54) is 6.07 Å². The summed E-state index contributed by atoms with van der Waals surface area (Å²) in [7, 11) is -1.42. The molecule has 0 aliphatic rings. The predicted molar refractivity (Wildman–Crippen MR) is 90.2 cm³/mol. The van der Waals surface area contributed by atoms with E-state index in [1.54, 1.807) is 6.07 Å². The summed E-state index contributed by atoms with van der Waals surface area (Å²) in [6.45, 7) is 6.87. The normalized spacial score (nSPS) is 13.5. The molecule has 0 aliphatic carbocycles. The zero-order valence-electron chi connectivity index (χ0n) is 13.1. The molecule has 0 saturated heterocycles. The van der Waals surface area contributed by atoms with Gasteiger partial charge in [0.05, 0.1) is 11.6 Å². The summed E-state index contributed by atoms with van der Waals surface area (Å²) in [4.78, 5) is 0. The van der Waals surface area contributed by atoms with Crippen molar-refractivity contribution < 1.29 is 4.39 Å². The number of hydrogen-bond donors (Lipinski definition) is 0. The number of rotatable bonds is 4. The summed E-state index contributed by atoms with van der Waals surface area (Å²) >= 11 is 0. The zero-order chi connectivity index (χ0) is 15.7. The Morgan fingerprint density at radius 2 is 1.73 bits per heavy atom. The van der Waals surface area contributed by atoms with Crippen molar-refractivity contribution in [1.29, 1.82) is 0 Å². The molecule has 0 aliphatic heterocycles. The summed E-state index contributed by atoms with van der Waals surface area (Å²) < 4.78 is 16.2. The van der Waals surface area contributed by atoms with Gasteiger partial charge < -0.3 is 0 Å².